The van der Waals surface area contributed by atoms with E-state index in [0.717, 1.165) is 0 Å². The molecule has 0 saturated carbocycles. The Bertz CT molecular complexity index is 1180. The summed E-state index contributed by atoms with van der Waals surface area (Å²) in [5.74, 6) is 0.948. The smallest absolute Gasteiger partial charge is 0.290 e. The van der Waals surface area contributed by atoms with E-state index in [-0.39, 0.29) is 29.2 Å². The zero-order valence-corrected chi connectivity index (χ0v) is 17.8. The first kappa shape index (κ1) is 20.7. The van der Waals surface area contributed by atoms with Gasteiger partial charge in [-0.1, -0.05) is 12.1 Å². The van der Waals surface area contributed by atoms with Gasteiger partial charge in [0.2, 0.25) is 11.5 Å². The van der Waals surface area contributed by atoms with Crippen molar-refractivity contribution in [2.75, 3.05) is 41.6 Å². The maximum absolute atomic E-state index is 13.4. The molecular formula is C23H23NO7. The van der Waals surface area contributed by atoms with Crippen molar-refractivity contribution in [2.24, 2.45) is 0 Å². The number of fused-ring (bicyclic) bond motifs is 2. The molecule has 8 nitrogen and oxygen atoms in total. The fourth-order valence-corrected chi connectivity index (χ4v) is 3.99. The van der Waals surface area contributed by atoms with Crippen molar-refractivity contribution in [3.63, 3.8) is 0 Å². The Hall–Kier alpha value is -3.52. The highest BCUT2D eigenvalue weighted by Crippen LogP contribution is 2.44. The van der Waals surface area contributed by atoms with Gasteiger partial charge in [0.25, 0.3) is 5.91 Å². The minimum atomic E-state index is -0.688. The number of hydrogen-bond acceptors (Lipinski definition) is 7. The third-order valence-electron chi connectivity index (χ3n) is 5.41. The average molecular weight is 425 g/mol. The van der Waals surface area contributed by atoms with Crippen molar-refractivity contribution in [3.8, 4) is 17.2 Å². The van der Waals surface area contributed by atoms with Crippen molar-refractivity contribution in [3.05, 3.63) is 63.5 Å². The van der Waals surface area contributed by atoms with Gasteiger partial charge in [-0.25, -0.2) is 0 Å². The summed E-state index contributed by atoms with van der Waals surface area (Å²) in [4.78, 5) is 28.3. The molecule has 2 aromatic carbocycles. The molecule has 2 heterocycles. The molecule has 4 rings (SSSR count). The van der Waals surface area contributed by atoms with Gasteiger partial charge in [0.05, 0.1) is 44.9 Å². The van der Waals surface area contributed by atoms with Crippen molar-refractivity contribution in [1.82, 2.24) is 4.90 Å². The number of hydrogen-bond donors (Lipinski definition) is 0. The molecule has 0 bridgehead atoms. The van der Waals surface area contributed by atoms with Crippen LogP contribution in [-0.4, -0.2) is 52.4 Å². The van der Waals surface area contributed by atoms with E-state index in [1.165, 1.54) is 21.3 Å². The number of carbonyl (C=O) groups is 1. The highest BCUT2D eigenvalue weighted by molar-refractivity contribution is 5.99. The molecule has 162 valence electrons. The van der Waals surface area contributed by atoms with Crippen LogP contribution < -0.4 is 19.6 Å². The summed E-state index contributed by atoms with van der Waals surface area (Å²) in [6, 6.07) is 9.68. The number of amides is 1. The lowest BCUT2D eigenvalue weighted by molar-refractivity contribution is 0.0662. The van der Waals surface area contributed by atoms with Crippen LogP contribution in [0.25, 0.3) is 11.0 Å². The van der Waals surface area contributed by atoms with Crippen LogP contribution in [-0.2, 0) is 4.74 Å². The Balaban J connectivity index is 1.99. The molecule has 31 heavy (non-hydrogen) atoms. The van der Waals surface area contributed by atoms with E-state index in [4.69, 9.17) is 23.4 Å². The zero-order valence-electron chi connectivity index (χ0n) is 17.8. The van der Waals surface area contributed by atoms with E-state index in [1.807, 2.05) is 0 Å². The Kier molecular flexibility index (Phi) is 5.56. The quantitative estimate of drug-likeness (QED) is 0.575. The lowest BCUT2D eigenvalue weighted by Crippen LogP contribution is -2.32. The predicted octanol–water partition coefficient (Wildman–Crippen LogP) is 3.01. The third kappa shape index (κ3) is 3.29. The van der Waals surface area contributed by atoms with E-state index in [2.05, 4.69) is 0 Å². The molecular weight excluding hydrogens is 402 g/mol. The lowest BCUT2D eigenvalue weighted by Gasteiger charge is -2.26. The van der Waals surface area contributed by atoms with Crippen LogP contribution in [0.3, 0.4) is 0 Å². The number of benzene rings is 2. The van der Waals surface area contributed by atoms with E-state index < -0.39 is 6.04 Å². The van der Waals surface area contributed by atoms with Crippen molar-refractivity contribution >= 4 is 16.9 Å². The summed E-state index contributed by atoms with van der Waals surface area (Å²) in [7, 11) is 6.10. The van der Waals surface area contributed by atoms with Crippen LogP contribution in [0.4, 0.5) is 0 Å². The van der Waals surface area contributed by atoms with Gasteiger partial charge in [0.15, 0.2) is 16.9 Å². The standard InChI is InChI=1S/C23H23NO7/c1-27-10-9-24-19(13-11-16(28-2)21(30-4)17(12-13)29-3)18-20(25)14-7-5-6-8-15(14)31-22(18)23(24)26/h5-8,11-12,19H,9-10H2,1-4H3/t19-/m1/s1. The van der Waals surface area contributed by atoms with Crippen LogP contribution in [0.1, 0.15) is 27.7 Å². The van der Waals surface area contributed by atoms with Gasteiger partial charge in [0.1, 0.15) is 5.58 Å². The fourth-order valence-electron chi connectivity index (χ4n) is 3.99. The van der Waals surface area contributed by atoms with Gasteiger partial charge in [0, 0.05) is 13.7 Å². The van der Waals surface area contributed by atoms with E-state index in [1.54, 1.807) is 48.4 Å². The molecule has 1 aliphatic heterocycles. The van der Waals surface area contributed by atoms with Gasteiger partial charge in [-0.15, -0.1) is 0 Å². The molecule has 1 aromatic heterocycles. The monoisotopic (exact) mass is 425 g/mol. The summed E-state index contributed by atoms with van der Waals surface area (Å²) in [5, 5.41) is 0.417. The Morgan fingerprint density at radius 1 is 0.968 bits per heavy atom. The average Bonchev–Trinajstić information content (AvgIpc) is 3.08. The topological polar surface area (TPSA) is 87.4 Å². The second-order valence-electron chi connectivity index (χ2n) is 7.02. The maximum Gasteiger partial charge on any atom is 0.290 e. The Morgan fingerprint density at radius 3 is 2.26 bits per heavy atom. The highest BCUT2D eigenvalue weighted by atomic mass is 16.5. The minimum absolute atomic E-state index is 0.0403. The lowest BCUT2D eigenvalue weighted by atomic mass is 9.97. The first-order valence-corrected chi connectivity index (χ1v) is 9.71. The number of para-hydroxylation sites is 1. The van der Waals surface area contributed by atoms with Gasteiger partial charge in [-0.05, 0) is 29.8 Å². The zero-order chi connectivity index (χ0) is 22.1. The maximum atomic E-state index is 13.4. The van der Waals surface area contributed by atoms with Crippen LogP contribution in [0.5, 0.6) is 17.2 Å². The molecule has 0 spiro atoms. The fraction of sp³-hybridized carbons (Fsp3) is 0.304. The van der Waals surface area contributed by atoms with Gasteiger partial charge in [-0.3, -0.25) is 9.59 Å². The number of ether oxygens (including phenoxy) is 4. The SMILES string of the molecule is COCCN1C(=O)c2oc3ccccc3c(=O)c2[C@H]1c1cc(OC)c(OC)c(OC)c1. The summed E-state index contributed by atoms with van der Waals surface area (Å²) >= 11 is 0. The molecule has 8 heteroatoms. The van der Waals surface area contributed by atoms with E-state index in [0.29, 0.717) is 40.4 Å². The largest absolute Gasteiger partial charge is 0.493 e. The molecule has 0 fully saturated rings. The number of carbonyl (C=O) groups excluding carboxylic acids is 1. The molecule has 0 radical (unpaired) electrons. The summed E-state index contributed by atoms with van der Waals surface area (Å²) in [6.45, 7) is 0.574. The minimum Gasteiger partial charge on any atom is -0.493 e. The predicted molar refractivity (Wildman–Crippen MR) is 113 cm³/mol. The van der Waals surface area contributed by atoms with Crippen LogP contribution in [0.2, 0.25) is 0 Å². The first-order valence-electron chi connectivity index (χ1n) is 9.71. The number of rotatable bonds is 7. The molecule has 0 saturated heterocycles. The van der Waals surface area contributed by atoms with Crippen molar-refractivity contribution in [2.45, 2.75) is 6.04 Å². The molecule has 3 aromatic rings. The summed E-state index contributed by atoms with van der Waals surface area (Å²) < 4.78 is 27.5. The van der Waals surface area contributed by atoms with E-state index in [9.17, 15) is 9.59 Å². The van der Waals surface area contributed by atoms with Crippen molar-refractivity contribution < 1.29 is 28.2 Å². The number of nitrogens with zero attached hydrogens (tertiary/aromatic N) is 1. The summed E-state index contributed by atoms with van der Waals surface area (Å²) in [5.41, 5.74) is 1.05. The molecule has 1 aliphatic rings. The molecule has 0 unspecified atom stereocenters. The molecule has 0 N–H and O–H groups in total. The van der Waals surface area contributed by atoms with Crippen LogP contribution in [0.15, 0.2) is 45.6 Å². The third-order valence-corrected chi connectivity index (χ3v) is 5.41. The molecule has 0 aliphatic carbocycles. The van der Waals surface area contributed by atoms with Crippen LogP contribution >= 0.6 is 0 Å². The molecule has 1 atom stereocenters. The van der Waals surface area contributed by atoms with Gasteiger partial charge in [-0.2, -0.15) is 0 Å². The number of methoxy groups -OCH3 is 4. The summed E-state index contributed by atoms with van der Waals surface area (Å²) in [6.07, 6.45) is 0. The highest BCUT2D eigenvalue weighted by Gasteiger charge is 2.43. The second kappa shape index (κ2) is 8.31. The first-order chi connectivity index (χ1) is 15.0. The van der Waals surface area contributed by atoms with Gasteiger partial charge < -0.3 is 28.3 Å². The van der Waals surface area contributed by atoms with E-state index >= 15 is 0 Å². The molecule has 1 amide bonds. The van der Waals surface area contributed by atoms with Crippen LogP contribution in [0, 0.1) is 0 Å². The van der Waals surface area contributed by atoms with Gasteiger partial charge >= 0.3 is 0 Å². The Morgan fingerprint density at radius 2 is 1.65 bits per heavy atom. The van der Waals surface area contributed by atoms with Crippen molar-refractivity contribution in [1.29, 1.82) is 0 Å². The second-order valence-corrected chi connectivity index (χ2v) is 7.02. The Labute approximate surface area is 178 Å². The normalized spacial score (nSPS) is 15.3.